The fraction of sp³-hybridized carbons (Fsp3) is 0.409. The Labute approximate surface area is 182 Å². The maximum Gasteiger partial charge on any atom is 0.233 e. The number of aromatic nitrogens is 2. The van der Waals surface area contributed by atoms with Gasteiger partial charge in [-0.2, -0.15) is 0 Å². The number of allylic oxidation sites excluding steroid dienone is 1. The third-order valence-corrected chi connectivity index (χ3v) is 7.01. The zero-order chi connectivity index (χ0) is 21.7. The molecule has 1 heterocycles. The Hall–Kier alpha value is -2.25. The summed E-state index contributed by atoms with van der Waals surface area (Å²) in [6.45, 7) is 3.67. The highest BCUT2D eigenvalue weighted by Gasteiger charge is 2.28. The molecule has 30 heavy (non-hydrogen) atoms. The normalized spacial score (nSPS) is 15.7. The predicted octanol–water partition coefficient (Wildman–Crippen LogP) is 4.56. The number of anilines is 1. The first-order chi connectivity index (χ1) is 14.3. The van der Waals surface area contributed by atoms with Crippen molar-refractivity contribution >= 4 is 33.2 Å². The molecule has 1 aromatic heterocycles. The number of nitrogens with zero attached hydrogens (tertiary/aromatic N) is 2. The zero-order valence-electron chi connectivity index (χ0n) is 17.0. The first-order valence-electron chi connectivity index (χ1n) is 10.00. The lowest BCUT2D eigenvalue weighted by atomic mass is 9.87. The molecule has 8 heteroatoms. The van der Waals surface area contributed by atoms with E-state index in [1.165, 1.54) is 25.1 Å². The predicted molar refractivity (Wildman–Crippen MR) is 118 cm³/mol. The fourth-order valence-electron chi connectivity index (χ4n) is 3.89. The van der Waals surface area contributed by atoms with Crippen molar-refractivity contribution in [2.24, 2.45) is 5.92 Å². The van der Waals surface area contributed by atoms with E-state index in [-0.39, 0.29) is 15.8 Å². The van der Waals surface area contributed by atoms with Crippen LogP contribution in [0.5, 0.6) is 0 Å². The highest BCUT2D eigenvalue weighted by Crippen LogP contribution is 2.36. The van der Waals surface area contributed by atoms with Gasteiger partial charge in [-0.05, 0) is 30.0 Å². The molecular weight excluding hydrogens is 422 g/mol. The van der Waals surface area contributed by atoms with E-state index in [4.69, 9.17) is 11.6 Å². The molecule has 1 fully saturated rings. The van der Waals surface area contributed by atoms with Crippen LogP contribution in [0.15, 0.2) is 48.1 Å². The smallest absolute Gasteiger partial charge is 0.233 e. The molecule has 6 nitrogen and oxygen atoms in total. The van der Waals surface area contributed by atoms with Crippen molar-refractivity contribution in [1.82, 2.24) is 9.97 Å². The number of carbonyl (C=O) groups excluding carboxylic acids is 1. The molecule has 1 unspecified atom stereocenters. The number of hydrogen-bond donors (Lipinski definition) is 1. The minimum atomic E-state index is -3.43. The number of sulfone groups is 1. The van der Waals surface area contributed by atoms with Crippen LogP contribution in [0.4, 0.5) is 5.82 Å². The van der Waals surface area contributed by atoms with Crippen LogP contribution in [0.25, 0.3) is 0 Å². The molecule has 1 aliphatic carbocycles. The molecule has 160 valence electrons. The number of hydrogen-bond acceptors (Lipinski definition) is 5. The molecule has 2 aromatic rings. The lowest BCUT2D eigenvalue weighted by Gasteiger charge is -2.21. The minimum absolute atomic E-state index is 0.0663. The summed E-state index contributed by atoms with van der Waals surface area (Å²) in [6, 6.07) is 4.75. The van der Waals surface area contributed by atoms with Crippen LogP contribution in [0.3, 0.4) is 0 Å². The summed E-state index contributed by atoms with van der Waals surface area (Å²) < 4.78 is 23.8. The number of carbonyl (C=O) groups is 1. The summed E-state index contributed by atoms with van der Waals surface area (Å²) in [7, 11) is -3.43. The standard InChI is InChI=1S/C22H26ClN3O3S/c1-3-6-17-13-25-21(14-24-17)26-22(27)18(11-15-7-4-5-8-15)16-9-10-20(19(23)12-16)30(2,28)29/h3,9-10,12-15,18H,1,4-8,11H2,2H3,(H,25,26,27). The van der Waals surface area contributed by atoms with Gasteiger partial charge in [-0.15, -0.1) is 6.58 Å². The maximum atomic E-state index is 13.1. The van der Waals surface area contributed by atoms with Crippen molar-refractivity contribution in [3.63, 3.8) is 0 Å². The van der Waals surface area contributed by atoms with Crippen LogP contribution in [0, 0.1) is 5.92 Å². The highest BCUT2D eigenvalue weighted by atomic mass is 35.5. The van der Waals surface area contributed by atoms with Gasteiger partial charge in [0.05, 0.1) is 33.9 Å². The Morgan fingerprint density at radius 3 is 2.60 bits per heavy atom. The highest BCUT2D eigenvalue weighted by molar-refractivity contribution is 7.90. The molecule has 3 rings (SSSR count). The Bertz CT molecular complexity index is 1020. The average molecular weight is 448 g/mol. The second-order valence-electron chi connectivity index (χ2n) is 7.78. The van der Waals surface area contributed by atoms with Crippen molar-refractivity contribution in [2.45, 2.75) is 49.3 Å². The van der Waals surface area contributed by atoms with Crippen LogP contribution >= 0.6 is 11.6 Å². The maximum absolute atomic E-state index is 13.1. The Kier molecular flexibility index (Phi) is 7.26. The van der Waals surface area contributed by atoms with Crippen molar-refractivity contribution in [3.8, 4) is 0 Å². The molecule has 1 aromatic carbocycles. The first-order valence-corrected chi connectivity index (χ1v) is 12.3. The average Bonchev–Trinajstić information content (AvgIpc) is 3.20. The lowest BCUT2D eigenvalue weighted by molar-refractivity contribution is -0.118. The van der Waals surface area contributed by atoms with E-state index in [1.54, 1.807) is 24.4 Å². The van der Waals surface area contributed by atoms with Gasteiger partial charge in [0.2, 0.25) is 5.91 Å². The molecular formula is C22H26ClN3O3S. The summed E-state index contributed by atoms with van der Waals surface area (Å²) in [6.07, 6.45) is 11.8. The minimum Gasteiger partial charge on any atom is -0.309 e. The fourth-order valence-corrected chi connectivity index (χ4v) is 5.23. The third-order valence-electron chi connectivity index (χ3n) is 5.43. The number of benzene rings is 1. The quantitative estimate of drug-likeness (QED) is 0.599. The molecule has 1 amide bonds. The van der Waals surface area contributed by atoms with Crippen molar-refractivity contribution < 1.29 is 13.2 Å². The second kappa shape index (κ2) is 9.71. The van der Waals surface area contributed by atoms with Gasteiger partial charge in [0.15, 0.2) is 15.7 Å². The second-order valence-corrected chi connectivity index (χ2v) is 10.2. The van der Waals surface area contributed by atoms with Gasteiger partial charge in [0.1, 0.15) is 0 Å². The van der Waals surface area contributed by atoms with Gasteiger partial charge in [-0.1, -0.05) is 49.4 Å². The Morgan fingerprint density at radius 2 is 2.03 bits per heavy atom. The van der Waals surface area contributed by atoms with Crippen molar-refractivity contribution in [3.05, 3.63) is 59.5 Å². The largest absolute Gasteiger partial charge is 0.309 e. The van der Waals surface area contributed by atoms with Crippen LogP contribution in [-0.4, -0.2) is 30.5 Å². The number of amides is 1. The summed E-state index contributed by atoms with van der Waals surface area (Å²) >= 11 is 6.25. The monoisotopic (exact) mass is 447 g/mol. The molecule has 1 N–H and O–H groups in total. The number of nitrogens with one attached hydrogen (secondary N) is 1. The summed E-state index contributed by atoms with van der Waals surface area (Å²) in [5.41, 5.74) is 1.47. The van der Waals surface area contributed by atoms with Crippen LogP contribution in [-0.2, 0) is 21.1 Å². The lowest BCUT2D eigenvalue weighted by Crippen LogP contribution is -2.24. The first kappa shape index (κ1) is 22.4. The Morgan fingerprint density at radius 1 is 1.30 bits per heavy atom. The summed E-state index contributed by atoms with van der Waals surface area (Å²) in [5, 5.41) is 2.98. The molecule has 1 atom stereocenters. The molecule has 0 radical (unpaired) electrons. The third kappa shape index (κ3) is 5.67. The van der Waals surface area contributed by atoms with Gasteiger partial charge < -0.3 is 5.32 Å². The van der Waals surface area contributed by atoms with Gasteiger partial charge in [-0.3, -0.25) is 9.78 Å². The van der Waals surface area contributed by atoms with Gasteiger partial charge in [-0.25, -0.2) is 13.4 Å². The van der Waals surface area contributed by atoms with Gasteiger partial charge in [0, 0.05) is 12.7 Å². The molecule has 0 bridgehead atoms. The van der Waals surface area contributed by atoms with Crippen LogP contribution in [0.1, 0.15) is 49.3 Å². The molecule has 1 saturated carbocycles. The van der Waals surface area contributed by atoms with Crippen LogP contribution in [0.2, 0.25) is 5.02 Å². The van der Waals surface area contributed by atoms with E-state index in [9.17, 15) is 13.2 Å². The van der Waals surface area contributed by atoms with E-state index in [2.05, 4.69) is 21.9 Å². The topological polar surface area (TPSA) is 89.0 Å². The number of rotatable bonds is 8. The summed E-state index contributed by atoms with van der Waals surface area (Å²) in [4.78, 5) is 21.7. The van der Waals surface area contributed by atoms with Crippen molar-refractivity contribution in [2.75, 3.05) is 11.6 Å². The van der Waals surface area contributed by atoms with E-state index in [0.717, 1.165) is 24.8 Å². The van der Waals surface area contributed by atoms with Crippen molar-refractivity contribution in [1.29, 1.82) is 0 Å². The molecule has 0 spiro atoms. The van der Waals surface area contributed by atoms with E-state index >= 15 is 0 Å². The summed E-state index contributed by atoms with van der Waals surface area (Å²) in [5.74, 6) is 0.183. The molecule has 1 aliphatic rings. The van der Waals surface area contributed by atoms with E-state index < -0.39 is 15.8 Å². The van der Waals surface area contributed by atoms with E-state index in [0.29, 0.717) is 30.1 Å². The van der Waals surface area contributed by atoms with Crippen LogP contribution < -0.4 is 5.32 Å². The zero-order valence-corrected chi connectivity index (χ0v) is 18.5. The molecule has 0 saturated heterocycles. The number of halogens is 1. The van der Waals surface area contributed by atoms with Gasteiger partial charge >= 0.3 is 0 Å². The Balaban J connectivity index is 1.85. The van der Waals surface area contributed by atoms with Gasteiger partial charge in [0.25, 0.3) is 0 Å². The molecule has 0 aliphatic heterocycles. The van der Waals surface area contributed by atoms with E-state index in [1.807, 2.05) is 0 Å². The SMILES string of the molecule is C=CCc1cnc(NC(=O)C(CC2CCCC2)c2ccc(S(C)(=O)=O)c(Cl)c2)cn1.